The Labute approximate surface area is 343 Å². The molecule has 10 N–H and O–H groups in total. The van der Waals surface area contributed by atoms with Crippen LogP contribution in [-0.2, 0) is 50.6 Å². The molecule has 3 unspecified atom stereocenters. The largest absolute Gasteiger partial charge is 0.491 e. The molecule has 1 aliphatic heterocycles. The first-order valence-corrected chi connectivity index (χ1v) is 21.5. The minimum absolute atomic E-state index is 0.00613. The van der Waals surface area contributed by atoms with Crippen molar-refractivity contribution >= 4 is 41.1 Å². The van der Waals surface area contributed by atoms with Gasteiger partial charge in [0, 0.05) is 41.1 Å². The fraction of sp³-hybridized carbons (Fsp3) is 0.500. The molecule has 1 saturated heterocycles. The topological polar surface area (TPSA) is 449 Å². The number of nitrogen functional groups attached to an aromatic ring is 1. The first-order chi connectivity index (χ1) is 28.8. The molecule has 2 aromatic rings. The molecule has 6 atom stereocenters. The smallest absolute Gasteiger partial charge is 0.490 e. The number of anilines is 1. The van der Waals surface area contributed by atoms with Gasteiger partial charge in [0.15, 0.2) is 6.23 Å². The Balaban J connectivity index is 1.51. The zero-order valence-electron chi connectivity index (χ0n) is 31.3. The highest BCUT2D eigenvalue weighted by Gasteiger charge is 2.43. The Morgan fingerprint density at radius 1 is 1.11 bits per heavy atom. The summed E-state index contributed by atoms with van der Waals surface area (Å²) in [5, 5.41) is 11.8. The molecular formula is C28H39N12O18P3. The Kier molecular flexibility index (Phi) is 20.2. The maximum atomic E-state index is 12.8. The number of carbonyl (C=O) groups excluding carboxylic acids is 2. The van der Waals surface area contributed by atoms with E-state index in [0.29, 0.717) is 17.9 Å². The summed E-state index contributed by atoms with van der Waals surface area (Å²) < 4.78 is 75.1. The molecule has 61 heavy (non-hydrogen) atoms. The lowest BCUT2D eigenvalue weighted by molar-refractivity contribution is -0.126. The van der Waals surface area contributed by atoms with Gasteiger partial charge in [-0.2, -0.15) is 13.6 Å². The summed E-state index contributed by atoms with van der Waals surface area (Å²) in [6, 6.07) is 6.27. The minimum atomic E-state index is -5.82. The van der Waals surface area contributed by atoms with Crippen molar-refractivity contribution in [3.8, 4) is 17.6 Å². The van der Waals surface area contributed by atoms with Gasteiger partial charge in [-0.05, 0) is 29.3 Å². The van der Waals surface area contributed by atoms with Gasteiger partial charge in [0.05, 0.1) is 38.0 Å². The van der Waals surface area contributed by atoms with Crippen LogP contribution in [0.5, 0.6) is 5.75 Å². The third kappa shape index (κ3) is 18.7. The molecule has 1 aromatic heterocycles. The maximum absolute atomic E-state index is 12.8. The molecule has 0 bridgehead atoms. The number of azide groups is 2. The third-order valence-electron chi connectivity index (χ3n) is 7.17. The van der Waals surface area contributed by atoms with Crippen LogP contribution in [0.1, 0.15) is 28.6 Å². The van der Waals surface area contributed by atoms with Crippen molar-refractivity contribution in [2.24, 2.45) is 16.0 Å². The van der Waals surface area contributed by atoms with E-state index in [0.717, 1.165) is 10.8 Å². The average molecular weight is 925 g/mol. The molecule has 0 saturated carbocycles. The Bertz CT molecular complexity index is 2210. The zero-order chi connectivity index (χ0) is 45.1. The number of rotatable bonds is 25. The summed E-state index contributed by atoms with van der Waals surface area (Å²) in [7, 11) is -17.0. The molecule has 0 spiro atoms. The molecule has 0 radical (unpaired) electrons. The van der Waals surface area contributed by atoms with Gasteiger partial charge < -0.3 is 65.4 Å². The Hall–Kier alpha value is -4.97. The van der Waals surface area contributed by atoms with Crippen LogP contribution in [0.3, 0.4) is 0 Å². The van der Waals surface area contributed by atoms with E-state index in [1.54, 1.807) is 18.2 Å². The van der Waals surface area contributed by atoms with Crippen molar-refractivity contribution in [1.82, 2.24) is 20.2 Å². The van der Waals surface area contributed by atoms with Crippen LogP contribution in [0.25, 0.3) is 20.9 Å². The summed E-state index contributed by atoms with van der Waals surface area (Å²) in [6.45, 7) is -1.98. The van der Waals surface area contributed by atoms with E-state index < -0.39 is 79.7 Å². The molecule has 2 heterocycles. The number of ether oxygens (including phenoxy) is 5. The van der Waals surface area contributed by atoms with Crippen molar-refractivity contribution in [3.05, 3.63) is 73.0 Å². The quantitative estimate of drug-likeness (QED) is 0.0162. The second-order valence-electron chi connectivity index (χ2n) is 11.6. The summed E-state index contributed by atoms with van der Waals surface area (Å²) >= 11 is 0. The number of nitrogens with two attached hydrogens (primary N) is 2. The third-order valence-corrected chi connectivity index (χ3v) is 11.0. The Morgan fingerprint density at radius 3 is 2.59 bits per heavy atom. The van der Waals surface area contributed by atoms with E-state index in [9.17, 15) is 37.9 Å². The number of phosphoric ester groups is 1. The standard InChI is InChI=1S/C28H39N12O18P3/c29-6-8-34-27(42)18-3-1-5-20(11-18)53-16-24(37-39-32)52-10-9-51-15-23(41)33-7-2-4-19-13-40(28(43)36-26(19)30)25-12-21(54-17-35-38-31)22(56-25)14-55-60(47,48)58-61(49,50)57-59(44,45)46/h1,3,5,11,13,21-22,24-25H,6-10,12,14-17,29H2,(H,33,41)(H,34,42)(H,47,48)(H,49,50)(H2,30,36,43)(H2,44,45,46)/t21-,22-,24?,25-/m1/s1. The van der Waals surface area contributed by atoms with Gasteiger partial charge in [0.1, 0.15) is 43.8 Å². The SMILES string of the molecule is [N-]=[N+]=NCO[C@@H]1C[C@H](n2cc(C#CCNC(=O)COCCOC(COc3cccc(C(=O)NCCN)c3)N=[N+]=[N-])c(N)nc2=O)O[C@@H]1COP(=O)(O)OP(=O)(O)OP(=O)(O)O. The lowest BCUT2D eigenvalue weighted by Crippen LogP contribution is -2.30. The number of nitrogens with zero attached hydrogens (tertiary/aromatic N) is 8. The average Bonchev–Trinajstić information content (AvgIpc) is 3.58. The molecule has 334 valence electrons. The second-order valence-corrected chi connectivity index (χ2v) is 16.0. The highest BCUT2D eigenvalue weighted by atomic mass is 31.3. The molecule has 0 aliphatic carbocycles. The van der Waals surface area contributed by atoms with Crippen molar-refractivity contribution in [1.29, 1.82) is 0 Å². The molecule has 2 amide bonds. The van der Waals surface area contributed by atoms with Gasteiger partial charge in [-0.25, -0.2) is 18.5 Å². The van der Waals surface area contributed by atoms with Crippen molar-refractivity contribution in [2.75, 3.05) is 65.1 Å². The van der Waals surface area contributed by atoms with E-state index in [2.05, 4.69) is 60.7 Å². The van der Waals surface area contributed by atoms with Crippen LogP contribution >= 0.6 is 23.5 Å². The number of aromatic nitrogens is 2. The summed E-state index contributed by atoms with van der Waals surface area (Å²) in [5.41, 5.74) is 28.1. The van der Waals surface area contributed by atoms with E-state index in [1.807, 2.05) is 0 Å². The predicted molar refractivity (Wildman–Crippen MR) is 203 cm³/mol. The number of hydrogen-bond acceptors (Lipinski definition) is 19. The van der Waals surface area contributed by atoms with Crippen LogP contribution in [0, 0.1) is 11.8 Å². The number of amides is 2. The van der Waals surface area contributed by atoms with Crippen molar-refractivity contribution in [2.45, 2.75) is 31.1 Å². The normalized spacial score (nSPS) is 18.5. The number of carbonyl (C=O) groups is 2. The van der Waals surface area contributed by atoms with Crippen LogP contribution in [0.15, 0.2) is 45.5 Å². The van der Waals surface area contributed by atoms with E-state index in [1.165, 1.54) is 6.07 Å². The second kappa shape index (κ2) is 24.5. The number of benzene rings is 1. The molecule has 1 aromatic carbocycles. The zero-order valence-corrected chi connectivity index (χ0v) is 34.0. The van der Waals surface area contributed by atoms with Crippen LogP contribution < -0.4 is 32.5 Å². The highest BCUT2D eigenvalue weighted by Crippen LogP contribution is 2.66. The van der Waals surface area contributed by atoms with Crippen LogP contribution in [-0.4, -0.2) is 119 Å². The van der Waals surface area contributed by atoms with Gasteiger partial charge in [0.2, 0.25) is 5.91 Å². The Morgan fingerprint density at radius 2 is 1.89 bits per heavy atom. The van der Waals surface area contributed by atoms with Crippen molar-refractivity contribution in [3.63, 3.8) is 0 Å². The summed E-state index contributed by atoms with van der Waals surface area (Å²) in [4.78, 5) is 82.7. The maximum Gasteiger partial charge on any atom is 0.490 e. The molecule has 3 rings (SSSR count). The van der Waals surface area contributed by atoms with Crippen LogP contribution in [0.4, 0.5) is 5.82 Å². The first kappa shape index (κ1) is 50.4. The highest BCUT2D eigenvalue weighted by molar-refractivity contribution is 7.66. The van der Waals surface area contributed by atoms with Gasteiger partial charge in [-0.3, -0.25) is 18.7 Å². The fourth-order valence-electron chi connectivity index (χ4n) is 4.70. The molecule has 1 fully saturated rings. The fourth-order valence-corrected chi connectivity index (χ4v) is 7.73. The molecule has 1 aliphatic rings. The van der Waals surface area contributed by atoms with Crippen LogP contribution in [0.2, 0.25) is 0 Å². The van der Waals surface area contributed by atoms with E-state index in [4.69, 9.17) is 56.0 Å². The van der Waals surface area contributed by atoms with Gasteiger partial charge in [-0.1, -0.05) is 28.1 Å². The predicted octanol–water partition coefficient (Wildman–Crippen LogP) is 0.0141. The molecule has 33 heteroatoms. The van der Waals surface area contributed by atoms with Gasteiger partial charge in [0.25, 0.3) is 5.91 Å². The van der Waals surface area contributed by atoms with Gasteiger partial charge >= 0.3 is 29.2 Å². The monoisotopic (exact) mass is 924 g/mol. The summed E-state index contributed by atoms with van der Waals surface area (Å²) in [5.74, 6) is 4.34. The lowest BCUT2D eigenvalue weighted by Gasteiger charge is -2.21. The number of hydrogen-bond donors (Lipinski definition) is 8. The summed E-state index contributed by atoms with van der Waals surface area (Å²) in [6.07, 6.45) is -3.88. The van der Waals surface area contributed by atoms with E-state index >= 15 is 0 Å². The lowest BCUT2D eigenvalue weighted by atomic mass is 10.2. The van der Waals surface area contributed by atoms with E-state index in [-0.39, 0.29) is 56.6 Å². The number of phosphoric acid groups is 3. The molecular weight excluding hydrogens is 885 g/mol. The van der Waals surface area contributed by atoms with Crippen molar-refractivity contribution < 1.29 is 79.7 Å². The first-order valence-electron chi connectivity index (χ1n) is 17.0. The molecule has 30 nitrogen and oxygen atoms in total. The minimum Gasteiger partial charge on any atom is -0.491 e. The van der Waals surface area contributed by atoms with Gasteiger partial charge in [-0.15, -0.1) is 0 Å². The number of nitrogens with one attached hydrogen (secondary N) is 2.